The fourth-order valence-electron chi connectivity index (χ4n) is 1.82. The van der Waals surface area contributed by atoms with Crippen molar-refractivity contribution in [3.63, 3.8) is 0 Å². The van der Waals surface area contributed by atoms with Gasteiger partial charge >= 0.3 is 0 Å². The summed E-state index contributed by atoms with van der Waals surface area (Å²) in [6.45, 7) is 2.84. The highest BCUT2D eigenvalue weighted by Gasteiger charge is 1.95. The van der Waals surface area contributed by atoms with Gasteiger partial charge in [0.05, 0.1) is 0 Å². The van der Waals surface area contributed by atoms with E-state index in [1.165, 1.54) is 32.1 Å². The summed E-state index contributed by atoms with van der Waals surface area (Å²) in [4.78, 5) is 11.5. The second kappa shape index (κ2) is 11.5. The Morgan fingerprint density at radius 2 is 2.10 bits per heavy atom. The average Bonchev–Trinajstić information content (AvgIpc) is 2.96. The van der Waals surface area contributed by atoms with Crippen molar-refractivity contribution in [3.8, 4) is 0 Å². The maximum atomic E-state index is 11.5. The number of amides is 1. The number of allylic oxidation sites excluding steroid dienone is 3. The Kier molecular flexibility index (Phi) is 9.58. The van der Waals surface area contributed by atoms with Crippen molar-refractivity contribution in [1.82, 2.24) is 5.32 Å². The average molecular weight is 291 g/mol. The summed E-state index contributed by atoms with van der Waals surface area (Å²) >= 11 is 1.64. The Morgan fingerprint density at radius 3 is 2.85 bits per heavy atom. The topological polar surface area (TPSA) is 29.1 Å². The lowest BCUT2D eigenvalue weighted by atomic mass is 10.1. The molecule has 3 heteroatoms. The Balaban J connectivity index is 2.03. The standard InChI is InChI=1S/C17H25NOS/c1-2-3-4-5-6-7-8-9-10-11-17(19)18-14-16-12-13-20-15-16/h8-13,15H,2-7,14H2,1H3,(H,18,19)/b9-8+,11-10+. The number of nitrogens with one attached hydrogen (secondary N) is 1. The van der Waals surface area contributed by atoms with E-state index in [2.05, 4.69) is 18.3 Å². The minimum Gasteiger partial charge on any atom is -0.348 e. The van der Waals surface area contributed by atoms with Gasteiger partial charge in [0, 0.05) is 12.6 Å². The van der Waals surface area contributed by atoms with E-state index in [0.717, 1.165) is 12.0 Å². The monoisotopic (exact) mass is 291 g/mol. The first-order chi connectivity index (χ1) is 9.83. The van der Waals surface area contributed by atoms with Crippen LogP contribution in [-0.4, -0.2) is 5.91 Å². The van der Waals surface area contributed by atoms with Gasteiger partial charge in [-0.3, -0.25) is 4.79 Å². The summed E-state index contributed by atoms with van der Waals surface area (Å²) in [6, 6.07) is 2.02. The largest absolute Gasteiger partial charge is 0.348 e. The van der Waals surface area contributed by atoms with Crippen molar-refractivity contribution in [1.29, 1.82) is 0 Å². The van der Waals surface area contributed by atoms with Crippen molar-refractivity contribution in [2.75, 3.05) is 0 Å². The summed E-state index contributed by atoms with van der Waals surface area (Å²) in [5.74, 6) is -0.0382. The van der Waals surface area contributed by atoms with Crippen LogP contribution in [0.2, 0.25) is 0 Å². The zero-order valence-corrected chi connectivity index (χ0v) is 13.1. The van der Waals surface area contributed by atoms with Crippen LogP contribution in [0.5, 0.6) is 0 Å². The molecule has 0 aliphatic rings. The Hall–Kier alpha value is -1.35. The minimum absolute atomic E-state index is 0.0382. The van der Waals surface area contributed by atoms with Gasteiger partial charge in [-0.1, -0.05) is 50.8 Å². The fourth-order valence-corrected chi connectivity index (χ4v) is 2.49. The van der Waals surface area contributed by atoms with Gasteiger partial charge in [0.25, 0.3) is 0 Å². The quantitative estimate of drug-likeness (QED) is 0.373. The summed E-state index contributed by atoms with van der Waals surface area (Å²) in [5.41, 5.74) is 1.15. The lowest BCUT2D eigenvalue weighted by molar-refractivity contribution is -0.116. The van der Waals surface area contributed by atoms with Gasteiger partial charge in [-0.25, -0.2) is 0 Å². The summed E-state index contributed by atoms with van der Waals surface area (Å²) in [5, 5.41) is 6.92. The van der Waals surface area contributed by atoms with Crippen LogP contribution in [0.1, 0.15) is 51.0 Å². The molecule has 0 saturated heterocycles. The van der Waals surface area contributed by atoms with Crippen LogP contribution >= 0.6 is 11.3 Å². The predicted octanol–water partition coefficient (Wildman–Crippen LogP) is 4.84. The van der Waals surface area contributed by atoms with Crippen molar-refractivity contribution in [2.24, 2.45) is 0 Å². The molecule has 1 amide bonds. The smallest absolute Gasteiger partial charge is 0.244 e. The molecule has 0 fully saturated rings. The molecule has 20 heavy (non-hydrogen) atoms. The van der Waals surface area contributed by atoms with Crippen molar-refractivity contribution >= 4 is 17.2 Å². The molecule has 1 rings (SSSR count). The van der Waals surface area contributed by atoms with E-state index in [9.17, 15) is 4.79 Å². The van der Waals surface area contributed by atoms with Gasteiger partial charge in [0.1, 0.15) is 0 Å². The minimum atomic E-state index is -0.0382. The molecule has 0 aliphatic heterocycles. The summed E-state index contributed by atoms with van der Waals surface area (Å²) in [6.07, 6.45) is 15.1. The molecule has 0 spiro atoms. The van der Waals surface area contributed by atoms with E-state index in [0.29, 0.717) is 6.54 Å². The molecular weight excluding hydrogens is 266 g/mol. The normalized spacial score (nSPS) is 11.4. The SMILES string of the molecule is CCCCCCC/C=C/C=C/C(=O)NCc1ccsc1. The maximum Gasteiger partial charge on any atom is 0.244 e. The number of rotatable bonds is 10. The van der Waals surface area contributed by atoms with Crippen LogP contribution in [0.3, 0.4) is 0 Å². The van der Waals surface area contributed by atoms with Crippen molar-refractivity contribution in [3.05, 3.63) is 46.7 Å². The molecule has 1 N–H and O–H groups in total. The molecule has 1 aromatic heterocycles. The van der Waals surface area contributed by atoms with Gasteiger partial charge in [-0.05, 0) is 35.2 Å². The highest BCUT2D eigenvalue weighted by Crippen LogP contribution is 2.05. The van der Waals surface area contributed by atoms with Gasteiger partial charge in [0.2, 0.25) is 5.91 Å². The molecule has 1 aromatic rings. The molecule has 0 aliphatic carbocycles. The third-order valence-corrected chi connectivity index (χ3v) is 3.75. The number of hydrogen-bond donors (Lipinski definition) is 1. The molecule has 0 atom stereocenters. The number of unbranched alkanes of at least 4 members (excludes halogenated alkanes) is 5. The van der Waals surface area contributed by atoms with Crippen molar-refractivity contribution < 1.29 is 4.79 Å². The van der Waals surface area contributed by atoms with Gasteiger partial charge in [-0.2, -0.15) is 11.3 Å². The van der Waals surface area contributed by atoms with E-state index < -0.39 is 0 Å². The first-order valence-corrected chi connectivity index (χ1v) is 8.39. The van der Waals surface area contributed by atoms with Gasteiger partial charge in [-0.15, -0.1) is 0 Å². The molecule has 0 unspecified atom stereocenters. The second-order valence-corrected chi connectivity index (χ2v) is 5.62. The molecule has 2 nitrogen and oxygen atoms in total. The molecular formula is C17H25NOS. The van der Waals surface area contributed by atoms with Crippen molar-refractivity contribution in [2.45, 2.75) is 52.0 Å². The van der Waals surface area contributed by atoms with Gasteiger partial charge in [0.15, 0.2) is 0 Å². The van der Waals surface area contributed by atoms with Gasteiger partial charge < -0.3 is 5.32 Å². The third-order valence-electron chi connectivity index (χ3n) is 3.02. The first-order valence-electron chi connectivity index (χ1n) is 7.45. The lowest BCUT2D eigenvalue weighted by Crippen LogP contribution is -2.19. The molecule has 0 bridgehead atoms. The maximum absolute atomic E-state index is 11.5. The van der Waals surface area contributed by atoms with Crippen LogP contribution in [0.25, 0.3) is 0 Å². The molecule has 110 valence electrons. The third kappa shape index (κ3) is 8.70. The number of carbonyl (C=O) groups is 1. The van der Waals surface area contributed by atoms with E-state index in [-0.39, 0.29) is 5.91 Å². The van der Waals surface area contributed by atoms with E-state index >= 15 is 0 Å². The number of thiophene rings is 1. The second-order valence-electron chi connectivity index (χ2n) is 4.84. The van der Waals surface area contributed by atoms with Crippen LogP contribution in [0.4, 0.5) is 0 Å². The zero-order valence-electron chi connectivity index (χ0n) is 12.3. The molecule has 1 heterocycles. The Bertz CT molecular complexity index is 407. The molecule has 0 aromatic carbocycles. The highest BCUT2D eigenvalue weighted by molar-refractivity contribution is 7.07. The first kappa shape index (κ1) is 16.7. The highest BCUT2D eigenvalue weighted by atomic mass is 32.1. The van der Waals surface area contributed by atoms with E-state index in [1.54, 1.807) is 17.4 Å². The van der Waals surface area contributed by atoms with Crippen LogP contribution in [0, 0.1) is 0 Å². The number of carbonyl (C=O) groups excluding carboxylic acids is 1. The summed E-state index contributed by atoms with van der Waals surface area (Å²) < 4.78 is 0. The number of hydrogen-bond acceptors (Lipinski definition) is 2. The van der Waals surface area contributed by atoms with E-state index in [4.69, 9.17) is 0 Å². The molecule has 0 saturated carbocycles. The summed E-state index contributed by atoms with van der Waals surface area (Å²) in [7, 11) is 0. The van der Waals surface area contributed by atoms with Crippen LogP contribution in [-0.2, 0) is 11.3 Å². The fraction of sp³-hybridized carbons (Fsp3) is 0.471. The zero-order chi connectivity index (χ0) is 14.5. The van der Waals surface area contributed by atoms with E-state index in [1.807, 2.05) is 29.0 Å². The Morgan fingerprint density at radius 1 is 1.25 bits per heavy atom. The van der Waals surface area contributed by atoms with Crippen LogP contribution in [0.15, 0.2) is 41.1 Å². The Labute approximate surface area is 126 Å². The van der Waals surface area contributed by atoms with Crippen LogP contribution < -0.4 is 5.32 Å². The molecule has 0 radical (unpaired) electrons. The predicted molar refractivity (Wildman–Crippen MR) is 87.8 cm³/mol. The lowest BCUT2D eigenvalue weighted by Gasteiger charge is -1.98.